The van der Waals surface area contributed by atoms with Crippen LogP contribution in [0.1, 0.15) is 55.0 Å². The highest BCUT2D eigenvalue weighted by Crippen LogP contribution is 2.33. The number of aliphatic carboxylic acids is 1. The minimum absolute atomic E-state index is 0.00273. The molecular formula is C27H33N3O5S. The molecule has 2 aromatic carbocycles. The van der Waals surface area contributed by atoms with Gasteiger partial charge in [-0.05, 0) is 68.4 Å². The van der Waals surface area contributed by atoms with Gasteiger partial charge in [0.1, 0.15) is 16.7 Å². The second-order valence-electron chi connectivity index (χ2n) is 9.39. The second-order valence-corrected chi connectivity index (χ2v) is 11.3. The van der Waals surface area contributed by atoms with Gasteiger partial charge >= 0.3 is 5.97 Å². The number of aromatic nitrogens is 2. The van der Waals surface area contributed by atoms with Crippen molar-refractivity contribution >= 4 is 16.0 Å². The van der Waals surface area contributed by atoms with Crippen LogP contribution in [0, 0.1) is 6.92 Å². The number of ether oxygens (including phenoxy) is 1. The molecule has 0 amide bonds. The van der Waals surface area contributed by atoms with Crippen molar-refractivity contribution in [2.45, 2.75) is 70.0 Å². The molecule has 36 heavy (non-hydrogen) atoms. The summed E-state index contributed by atoms with van der Waals surface area (Å²) in [7, 11) is -3.76. The van der Waals surface area contributed by atoms with E-state index < -0.39 is 16.0 Å². The predicted octanol–water partition coefficient (Wildman–Crippen LogP) is 4.37. The first-order chi connectivity index (χ1) is 17.2. The number of rotatable bonds is 9. The SMILES string of the molecule is CCn1cnc(CCC(CC(=O)O)c2ccc(C)c(CN3CC(C)Oc4ccccc4S3(=O)=O)c2)c1. The lowest BCUT2D eigenvalue weighted by atomic mass is 9.88. The van der Waals surface area contributed by atoms with E-state index in [2.05, 4.69) is 4.98 Å². The zero-order valence-electron chi connectivity index (χ0n) is 20.9. The Hall–Kier alpha value is -3.17. The molecule has 4 rings (SSSR count). The Balaban J connectivity index is 1.60. The van der Waals surface area contributed by atoms with Gasteiger partial charge in [-0.15, -0.1) is 0 Å². The highest BCUT2D eigenvalue weighted by Gasteiger charge is 2.33. The highest BCUT2D eigenvalue weighted by molar-refractivity contribution is 7.89. The van der Waals surface area contributed by atoms with Crippen LogP contribution < -0.4 is 4.74 Å². The molecule has 1 N–H and O–H groups in total. The van der Waals surface area contributed by atoms with Gasteiger partial charge in [0, 0.05) is 19.3 Å². The Bertz CT molecular complexity index is 1330. The topological polar surface area (TPSA) is 102 Å². The summed E-state index contributed by atoms with van der Waals surface area (Å²) in [6, 6.07) is 12.6. The Labute approximate surface area is 212 Å². The molecule has 3 aromatic rings. The molecule has 0 radical (unpaired) electrons. The predicted molar refractivity (Wildman–Crippen MR) is 137 cm³/mol. The quantitative estimate of drug-likeness (QED) is 0.458. The van der Waals surface area contributed by atoms with Crippen molar-refractivity contribution in [1.29, 1.82) is 0 Å². The molecule has 2 heterocycles. The maximum atomic E-state index is 13.5. The summed E-state index contributed by atoms with van der Waals surface area (Å²) >= 11 is 0. The van der Waals surface area contributed by atoms with Crippen LogP contribution in [0.5, 0.6) is 5.75 Å². The molecule has 1 aliphatic heterocycles. The second kappa shape index (κ2) is 10.8. The van der Waals surface area contributed by atoms with Crippen molar-refractivity contribution in [1.82, 2.24) is 13.9 Å². The van der Waals surface area contributed by atoms with E-state index in [1.165, 1.54) is 4.31 Å². The van der Waals surface area contributed by atoms with E-state index in [0.29, 0.717) is 18.6 Å². The van der Waals surface area contributed by atoms with Crippen molar-refractivity contribution in [3.8, 4) is 5.75 Å². The third-order valence-corrected chi connectivity index (χ3v) is 8.52. The van der Waals surface area contributed by atoms with E-state index in [1.807, 2.05) is 49.7 Å². The summed E-state index contributed by atoms with van der Waals surface area (Å²) in [6.07, 6.45) is 4.77. The molecule has 0 saturated heterocycles. The number of hydrogen-bond acceptors (Lipinski definition) is 5. The average molecular weight is 512 g/mol. The van der Waals surface area contributed by atoms with Crippen LogP contribution in [-0.4, -0.2) is 46.0 Å². The van der Waals surface area contributed by atoms with Crippen molar-refractivity contribution in [2.75, 3.05) is 6.54 Å². The van der Waals surface area contributed by atoms with Crippen molar-refractivity contribution in [3.63, 3.8) is 0 Å². The number of nitrogens with zero attached hydrogens (tertiary/aromatic N) is 3. The lowest BCUT2D eigenvalue weighted by molar-refractivity contribution is -0.137. The van der Waals surface area contributed by atoms with Gasteiger partial charge in [-0.25, -0.2) is 13.4 Å². The lowest BCUT2D eigenvalue weighted by Gasteiger charge is -2.23. The minimum Gasteiger partial charge on any atom is -0.488 e. The third-order valence-electron chi connectivity index (χ3n) is 6.67. The summed E-state index contributed by atoms with van der Waals surface area (Å²) in [4.78, 5) is 16.3. The first-order valence-electron chi connectivity index (χ1n) is 12.2. The third kappa shape index (κ3) is 5.79. The number of para-hydroxylation sites is 1. The highest BCUT2D eigenvalue weighted by atomic mass is 32.2. The summed E-state index contributed by atoms with van der Waals surface area (Å²) in [5, 5.41) is 9.57. The zero-order valence-corrected chi connectivity index (χ0v) is 21.7. The Morgan fingerprint density at radius 2 is 2.03 bits per heavy atom. The monoisotopic (exact) mass is 511 g/mol. The normalized spacial score (nSPS) is 18.1. The number of carbonyl (C=O) groups is 1. The van der Waals surface area contributed by atoms with Crippen LogP contribution in [0.3, 0.4) is 0 Å². The number of benzene rings is 2. The number of fused-ring (bicyclic) bond motifs is 1. The van der Waals surface area contributed by atoms with Crippen LogP contribution in [0.2, 0.25) is 0 Å². The molecule has 2 unspecified atom stereocenters. The fourth-order valence-electron chi connectivity index (χ4n) is 4.62. The summed E-state index contributed by atoms with van der Waals surface area (Å²) in [6.45, 7) is 7.09. The maximum absolute atomic E-state index is 13.5. The largest absolute Gasteiger partial charge is 0.488 e. The van der Waals surface area contributed by atoms with Gasteiger partial charge in [0.05, 0.1) is 25.0 Å². The summed E-state index contributed by atoms with van der Waals surface area (Å²) in [5.74, 6) is -0.707. The van der Waals surface area contributed by atoms with Crippen LogP contribution in [0.15, 0.2) is 59.9 Å². The Morgan fingerprint density at radius 3 is 2.75 bits per heavy atom. The van der Waals surface area contributed by atoms with Crippen LogP contribution in [-0.2, 0) is 34.3 Å². The number of carboxylic acids is 1. The summed E-state index contributed by atoms with van der Waals surface area (Å²) < 4.78 is 36.3. The van der Waals surface area contributed by atoms with Gasteiger partial charge in [0.2, 0.25) is 10.0 Å². The average Bonchev–Trinajstić information content (AvgIpc) is 3.27. The molecule has 8 nitrogen and oxygen atoms in total. The van der Waals surface area contributed by atoms with Gasteiger partial charge in [-0.3, -0.25) is 4.79 Å². The molecule has 0 bridgehead atoms. The van der Waals surface area contributed by atoms with E-state index in [1.54, 1.807) is 30.6 Å². The van der Waals surface area contributed by atoms with Gasteiger partial charge in [0.25, 0.3) is 0 Å². The molecule has 0 aliphatic carbocycles. The van der Waals surface area contributed by atoms with Crippen molar-refractivity contribution in [3.05, 3.63) is 77.4 Å². The van der Waals surface area contributed by atoms with Gasteiger partial charge in [-0.1, -0.05) is 30.3 Å². The van der Waals surface area contributed by atoms with E-state index in [-0.39, 0.29) is 36.4 Å². The number of carboxylic acid groups (broad SMARTS) is 1. The zero-order chi connectivity index (χ0) is 25.9. The van der Waals surface area contributed by atoms with E-state index in [9.17, 15) is 18.3 Å². The molecule has 2 atom stereocenters. The van der Waals surface area contributed by atoms with Gasteiger partial charge < -0.3 is 14.4 Å². The molecule has 0 fully saturated rings. The first kappa shape index (κ1) is 25.9. The smallest absolute Gasteiger partial charge is 0.303 e. The van der Waals surface area contributed by atoms with Crippen LogP contribution in [0.4, 0.5) is 0 Å². The van der Waals surface area contributed by atoms with Crippen molar-refractivity contribution < 1.29 is 23.1 Å². The summed E-state index contributed by atoms with van der Waals surface area (Å²) in [5.41, 5.74) is 3.64. The molecule has 9 heteroatoms. The first-order valence-corrected chi connectivity index (χ1v) is 13.7. The van der Waals surface area contributed by atoms with Gasteiger partial charge in [-0.2, -0.15) is 4.31 Å². The lowest BCUT2D eigenvalue weighted by Crippen LogP contribution is -2.35. The van der Waals surface area contributed by atoms with E-state index >= 15 is 0 Å². The van der Waals surface area contributed by atoms with E-state index in [0.717, 1.165) is 28.9 Å². The fourth-order valence-corrected chi connectivity index (χ4v) is 6.24. The van der Waals surface area contributed by atoms with Gasteiger partial charge in [0.15, 0.2) is 0 Å². The van der Waals surface area contributed by atoms with Crippen molar-refractivity contribution in [2.24, 2.45) is 0 Å². The standard InChI is InChI=1S/C27H33N3O5S/c1-4-29-17-24(28-18-29)12-11-22(14-27(31)32)21-10-9-19(2)23(13-21)16-30-15-20(3)35-25-7-5-6-8-26(25)36(30,33)34/h5-10,13,17-18,20,22H,4,11-12,14-16H2,1-3H3,(H,31,32). The molecule has 0 spiro atoms. The molecule has 1 aromatic heterocycles. The van der Waals surface area contributed by atoms with Crippen LogP contribution >= 0.6 is 0 Å². The minimum atomic E-state index is -3.76. The number of aryl methyl sites for hydroxylation is 3. The number of sulfonamides is 1. The maximum Gasteiger partial charge on any atom is 0.303 e. The molecule has 192 valence electrons. The molecular weight excluding hydrogens is 478 g/mol. The fraction of sp³-hybridized carbons (Fsp3) is 0.407. The van der Waals surface area contributed by atoms with E-state index in [4.69, 9.17) is 4.74 Å². The number of hydrogen-bond donors (Lipinski definition) is 1. The molecule has 1 aliphatic rings. The Kier molecular flexibility index (Phi) is 7.80. The molecule has 0 saturated carbocycles. The number of imidazole rings is 1. The van der Waals surface area contributed by atoms with Crippen LogP contribution in [0.25, 0.3) is 0 Å². The Morgan fingerprint density at radius 1 is 1.25 bits per heavy atom.